The first-order valence-electron chi connectivity index (χ1n) is 8.68. The molecule has 0 aliphatic heterocycles. The van der Waals surface area contributed by atoms with Gasteiger partial charge < -0.3 is 26.2 Å². The maximum atomic E-state index is 12.4. The molecule has 0 saturated carbocycles. The van der Waals surface area contributed by atoms with Crippen molar-refractivity contribution in [2.45, 2.75) is 44.2 Å². The topological polar surface area (TPSA) is 128 Å². The van der Waals surface area contributed by atoms with Crippen molar-refractivity contribution in [3.05, 3.63) is 35.9 Å². The highest BCUT2D eigenvalue weighted by molar-refractivity contribution is 5.89. The molecule has 0 aliphatic carbocycles. The Balaban J connectivity index is 2.66. The zero-order chi connectivity index (χ0) is 19.7. The van der Waals surface area contributed by atoms with Crippen LogP contribution in [0.1, 0.15) is 31.4 Å². The van der Waals surface area contributed by atoms with E-state index in [1.807, 2.05) is 13.0 Å². The summed E-state index contributed by atoms with van der Waals surface area (Å²) in [7, 11) is 3.22. The third kappa shape index (κ3) is 6.72. The number of nitrogens with two attached hydrogens (primary N) is 1. The Bertz CT molecular complexity index is 568. The highest BCUT2D eigenvalue weighted by Gasteiger charge is 2.26. The van der Waals surface area contributed by atoms with Gasteiger partial charge in [0.2, 0.25) is 11.8 Å². The quantitative estimate of drug-likeness (QED) is 0.349. The van der Waals surface area contributed by atoms with E-state index >= 15 is 0 Å². The second-order valence-corrected chi connectivity index (χ2v) is 6.41. The van der Waals surface area contributed by atoms with Gasteiger partial charge in [-0.2, -0.15) is 0 Å². The fraction of sp³-hybridized carbons (Fsp3) is 0.556. The summed E-state index contributed by atoms with van der Waals surface area (Å²) < 4.78 is 0. The lowest BCUT2D eigenvalue weighted by atomic mass is 10.1. The van der Waals surface area contributed by atoms with Gasteiger partial charge in [-0.3, -0.25) is 14.9 Å². The van der Waals surface area contributed by atoms with Gasteiger partial charge in [-0.25, -0.2) is 0 Å². The minimum absolute atomic E-state index is 0.263. The van der Waals surface area contributed by atoms with Gasteiger partial charge in [0.05, 0.1) is 6.54 Å². The first-order valence-corrected chi connectivity index (χ1v) is 8.68. The summed E-state index contributed by atoms with van der Waals surface area (Å²) in [5, 5.41) is 25.0. The van der Waals surface area contributed by atoms with Crippen LogP contribution < -0.4 is 16.4 Å². The van der Waals surface area contributed by atoms with Crippen LogP contribution in [0.5, 0.6) is 0 Å². The van der Waals surface area contributed by atoms with Crippen molar-refractivity contribution in [2.24, 2.45) is 5.73 Å². The number of rotatable bonds is 10. The molecule has 1 aromatic carbocycles. The van der Waals surface area contributed by atoms with Crippen LogP contribution in [-0.4, -0.2) is 65.9 Å². The van der Waals surface area contributed by atoms with Gasteiger partial charge in [-0.1, -0.05) is 43.7 Å². The first kappa shape index (κ1) is 22.0. The Labute approximate surface area is 154 Å². The number of amides is 2. The second kappa shape index (κ2) is 10.9. The molecular weight excluding hydrogens is 336 g/mol. The van der Waals surface area contributed by atoms with Gasteiger partial charge in [0.1, 0.15) is 18.4 Å². The first-order chi connectivity index (χ1) is 12.3. The molecule has 0 spiro atoms. The van der Waals surface area contributed by atoms with Crippen molar-refractivity contribution in [2.75, 3.05) is 20.6 Å². The number of nitrogens with one attached hydrogen (secondary N) is 2. The van der Waals surface area contributed by atoms with E-state index < -0.39 is 30.3 Å². The van der Waals surface area contributed by atoms with E-state index in [0.29, 0.717) is 12.0 Å². The molecule has 0 aromatic heterocycles. The average molecular weight is 366 g/mol. The molecule has 0 radical (unpaired) electrons. The van der Waals surface area contributed by atoms with Crippen LogP contribution in [0.25, 0.3) is 0 Å². The van der Waals surface area contributed by atoms with Crippen LogP contribution in [0.2, 0.25) is 0 Å². The maximum Gasteiger partial charge on any atom is 0.249 e. The predicted octanol–water partition coefficient (Wildman–Crippen LogP) is -0.672. The van der Waals surface area contributed by atoms with Gasteiger partial charge in [0.25, 0.3) is 0 Å². The average Bonchev–Trinajstić information content (AvgIpc) is 2.63. The molecule has 8 heteroatoms. The van der Waals surface area contributed by atoms with Crippen LogP contribution in [-0.2, 0) is 9.59 Å². The molecule has 0 aliphatic rings. The van der Waals surface area contributed by atoms with Crippen molar-refractivity contribution >= 4 is 11.8 Å². The Hall–Kier alpha value is -2.00. The zero-order valence-corrected chi connectivity index (χ0v) is 15.6. The van der Waals surface area contributed by atoms with Crippen molar-refractivity contribution in [3.63, 3.8) is 0 Å². The summed E-state index contributed by atoms with van der Waals surface area (Å²) >= 11 is 0. The molecule has 8 nitrogen and oxygen atoms in total. The third-order valence-corrected chi connectivity index (χ3v) is 3.98. The fourth-order valence-corrected chi connectivity index (χ4v) is 2.46. The summed E-state index contributed by atoms with van der Waals surface area (Å²) in [5.41, 5.74) is 6.42. The minimum Gasteiger partial charge on any atom is -0.387 e. The number of benzene rings is 1. The number of nitrogens with zero attached hydrogens (tertiary/aromatic N) is 1. The smallest absolute Gasteiger partial charge is 0.249 e. The van der Waals surface area contributed by atoms with Crippen LogP contribution in [0.4, 0.5) is 0 Å². The Kier molecular flexibility index (Phi) is 9.22. The van der Waals surface area contributed by atoms with E-state index in [2.05, 4.69) is 10.6 Å². The third-order valence-electron chi connectivity index (χ3n) is 3.98. The summed E-state index contributed by atoms with van der Waals surface area (Å²) in [6, 6.07) is 7.48. The molecule has 1 aromatic rings. The summed E-state index contributed by atoms with van der Waals surface area (Å²) in [6.07, 6.45) is -1.19. The van der Waals surface area contributed by atoms with E-state index in [1.54, 1.807) is 38.4 Å². The van der Waals surface area contributed by atoms with Crippen molar-refractivity contribution in [1.82, 2.24) is 15.5 Å². The summed E-state index contributed by atoms with van der Waals surface area (Å²) in [5.74, 6) is -0.750. The Morgan fingerprint density at radius 1 is 1.19 bits per heavy atom. The number of hydrogen-bond acceptors (Lipinski definition) is 6. The standard InChI is InChI=1S/C18H30N4O4/c1-4-8-13(19)16(24)17(25)20-11-14(23)21-15(18(26)22(2)3)12-9-6-5-7-10-12/h5-7,9-10,13,15-17,20,24-25H,4,8,11,19H2,1-3H3,(H,21,23). The largest absolute Gasteiger partial charge is 0.387 e. The maximum absolute atomic E-state index is 12.4. The van der Waals surface area contributed by atoms with E-state index in [9.17, 15) is 19.8 Å². The monoisotopic (exact) mass is 366 g/mol. The SMILES string of the molecule is CCCC(N)C(O)C(O)NCC(=O)NC(C(=O)N(C)C)c1ccccc1. The van der Waals surface area contributed by atoms with Crippen LogP contribution in [0.3, 0.4) is 0 Å². The zero-order valence-electron chi connectivity index (χ0n) is 15.6. The molecule has 4 unspecified atom stereocenters. The lowest BCUT2D eigenvalue weighted by Crippen LogP contribution is -2.52. The van der Waals surface area contributed by atoms with Gasteiger partial charge in [0, 0.05) is 20.1 Å². The number of aliphatic hydroxyl groups is 2. The number of carbonyl (C=O) groups is 2. The second-order valence-electron chi connectivity index (χ2n) is 6.41. The highest BCUT2D eigenvalue weighted by atomic mass is 16.3. The molecule has 0 saturated heterocycles. The van der Waals surface area contributed by atoms with Gasteiger partial charge in [-0.05, 0) is 12.0 Å². The molecule has 1 rings (SSSR count). The van der Waals surface area contributed by atoms with Gasteiger partial charge in [-0.15, -0.1) is 0 Å². The number of hydrogen-bond donors (Lipinski definition) is 5. The van der Waals surface area contributed by atoms with Gasteiger partial charge in [0.15, 0.2) is 0 Å². The van der Waals surface area contributed by atoms with Crippen LogP contribution in [0.15, 0.2) is 30.3 Å². The van der Waals surface area contributed by atoms with E-state index in [4.69, 9.17) is 5.73 Å². The van der Waals surface area contributed by atoms with Crippen molar-refractivity contribution in [3.8, 4) is 0 Å². The van der Waals surface area contributed by atoms with Crippen LogP contribution >= 0.6 is 0 Å². The normalized spacial score (nSPS) is 15.6. The molecule has 0 fully saturated rings. The number of likely N-dealkylation sites (N-methyl/N-ethyl adjacent to an activating group) is 1. The van der Waals surface area contributed by atoms with Gasteiger partial charge >= 0.3 is 0 Å². The predicted molar refractivity (Wildman–Crippen MR) is 98.9 cm³/mol. The van der Waals surface area contributed by atoms with E-state index in [1.165, 1.54) is 4.90 Å². The van der Waals surface area contributed by atoms with Crippen molar-refractivity contribution in [1.29, 1.82) is 0 Å². The van der Waals surface area contributed by atoms with Crippen LogP contribution in [0, 0.1) is 0 Å². The molecule has 0 bridgehead atoms. The molecular formula is C18H30N4O4. The number of aliphatic hydroxyl groups excluding tert-OH is 2. The number of carbonyl (C=O) groups excluding carboxylic acids is 2. The molecule has 26 heavy (non-hydrogen) atoms. The minimum atomic E-state index is -1.33. The lowest BCUT2D eigenvalue weighted by Gasteiger charge is -2.25. The van der Waals surface area contributed by atoms with Crippen molar-refractivity contribution < 1.29 is 19.8 Å². The summed E-state index contributed by atoms with van der Waals surface area (Å²) in [6.45, 7) is 1.66. The Morgan fingerprint density at radius 2 is 1.81 bits per heavy atom. The van der Waals surface area contributed by atoms with E-state index in [0.717, 1.165) is 6.42 Å². The molecule has 4 atom stereocenters. The molecule has 0 heterocycles. The fourth-order valence-electron chi connectivity index (χ4n) is 2.46. The molecule has 2 amide bonds. The van der Waals surface area contributed by atoms with E-state index in [-0.39, 0.29) is 12.5 Å². The Morgan fingerprint density at radius 3 is 2.35 bits per heavy atom. The molecule has 6 N–H and O–H groups in total. The summed E-state index contributed by atoms with van der Waals surface area (Å²) in [4.78, 5) is 26.0. The lowest BCUT2D eigenvalue weighted by molar-refractivity contribution is -0.134. The highest BCUT2D eigenvalue weighted by Crippen LogP contribution is 2.14. The molecule has 146 valence electrons.